The van der Waals surface area contributed by atoms with Gasteiger partial charge in [0.2, 0.25) is 0 Å². The van der Waals surface area contributed by atoms with Crippen molar-refractivity contribution >= 4 is 5.97 Å². The van der Waals surface area contributed by atoms with Crippen LogP contribution in [0.3, 0.4) is 0 Å². The first-order valence-corrected chi connectivity index (χ1v) is 8.74. The second kappa shape index (κ2) is 9.09. The van der Waals surface area contributed by atoms with Gasteiger partial charge in [-0.1, -0.05) is 38.3 Å². The van der Waals surface area contributed by atoms with E-state index in [-0.39, 0.29) is 5.56 Å². The lowest BCUT2D eigenvalue weighted by atomic mass is 9.77. The Kier molecular flexibility index (Phi) is 7.13. The lowest BCUT2D eigenvalue weighted by Gasteiger charge is -2.29. The molecular formula is C19H25F3O2. The summed E-state index contributed by atoms with van der Waals surface area (Å²) < 4.78 is 42.7. The first-order valence-electron chi connectivity index (χ1n) is 8.74. The summed E-state index contributed by atoms with van der Waals surface area (Å²) >= 11 is 0. The second-order valence-electron chi connectivity index (χ2n) is 6.62. The highest BCUT2D eigenvalue weighted by Gasteiger charge is 2.23. The van der Waals surface area contributed by atoms with Crippen LogP contribution in [-0.2, 0) is 16.1 Å². The van der Waals surface area contributed by atoms with Crippen LogP contribution in [0.2, 0.25) is 0 Å². The second-order valence-corrected chi connectivity index (χ2v) is 6.62. The smallest absolute Gasteiger partial charge is 0.374 e. The van der Waals surface area contributed by atoms with Crippen molar-refractivity contribution in [1.82, 2.24) is 0 Å². The van der Waals surface area contributed by atoms with Crippen LogP contribution in [0.1, 0.15) is 68.9 Å². The summed E-state index contributed by atoms with van der Waals surface area (Å²) in [4.78, 5) is 10.8. The van der Waals surface area contributed by atoms with Crippen molar-refractivity contribution < 1.29 is 22.7 Å². The van der Waals surface area contributed by atoms with E-state index in [1.54, 1.807) is 0 Å². The van der Waals surface area contributed by atoms with E-state index in [4.69, 9.17) is 0 Å². The Morgan fingerprint density at radius 3 is 2.54 bits per heavy atom. The zero-order valence-electron chi connectivity index (χ0n) is 14.1. The third-order valence-electron chi connectivity index (χ3n) is 4.91. The number of carbonyl (C=O) groups excluding carboxylic acids is 1. The molecule has 1 fully saturated rings. The number of halogens is 3. The molecule has 24 heavy (non-hydrogen) atoms. The van der Waals surface area contributed by atoms with Crippen LogP contribution in [0, 0.1) is 11.7 Å². The minimum absolute atomic E-state index is 0.129. The maximum atomic E-state index is 14.1. The Labute approximate surface area is 141 Å². The average molecular weight is 342 g/mol. The van der Waals surface area contributed by atoms with Gasteiger partial charge in [0, 0.05) is 5.56 Å². The molecule has 5 heteroatoms. The summed E-state index contributed by atoms with van der Waals surface area (Å²) in [7, 11) is 0. The molecule has 1 aliphatic carbocycles. The van der Waals surface area contributed by atoms with Crippen molar-refractivity contribution in [3.05, 3.63) is 35.1 Å². The standard InChI is InChI=1S/C19H25F3O2/c1-2-3-4-13-5-7-14(8-6-13)15-9-10-16(17(20)11-15)12-24-19(23)18(21)22/h9-11,13-14,18H,2-8,12H2,1H3. The number of hydrogen-bond acceptors (Lipinski definition) is 2. The lowest BCUT2D eigenvalue weighted by molar-refractivity contribution is -0.157. The molecule has 0 amide bonds. The monoisotopic (exact) mass is 342 g/mol. The van der Waals surface area contributed by atoms with Crippen LogP contribution in [-0.4, -0.2) is 12.4 Å². The van der Waals surface area contributed by atoms with Crippen LogP contribution in [0.15, 0.2) is 18.2 Å². The number of rotatable bonds is 7. The Bertz CT molecular complexity index is 537. The molecule has 0 aliphatic heterocycles. The van der Waals surface area contributed by atoms with E-state index in [0.29, 0.717) is 5.92 Å². The average Bonchev–Trinajstić information content (AvgIpc) is 2.59. The van der Waals surface area contributed by atoms with Crippen molar-refractivity contribution in [2.45, 2.75) is 70.8 Å². The van der Waals surface area contributed by atoms with Gasteiger partial charge in [0.15, 0.2) is 0 Å². The maximum Gasteiger partial charge on any atom is 0.374 e. The highest BCUT2D eigenvalue weighted by molar-refractivity contribution is 5.72. The minimum atomic E-state index is -3.18. The van der Waals surface area contributed by atoms with E-state index in [2.05, 4.69) is 11.7 Å². The molecule has 0 bridgehead atoms. The number of carbonyl (C=O) groups is 1. The van der Waals surface area contributed by atoms with Crippen molar-refractivity contribution in [1.29, 1.82) is 0 Å². The number of esters is 1. The molecule has 1 aromatic carbocycles. The largest absolute Gasteiger partial charge is 0.457 e. The number of unbranched alkanes of at least 4 members (excludes halogenated alkanes) is 1. The molecule has 0 aromatic heterocycles. The normalized spacial score (nSPS) is 21.0. The molecule has 134 valence electrons. The van der Waals surface area contributed by atoms with Crippen molar-refractivity contribution in [2.75, 3.05) is 0 Å². The fraction of sp³-hybridized carbons (Fsp3) is 0.632. The molecule has 2 rings (SSSR count). The Balaban J connectivity index is 1.89. The van der Waals surface area contributed by atoms with Crippen molar-refractivity contribution in [3.63, 3.8) is 0 Å². The van der Waals surface area contributed by atoms with E-state index >= 15 is 0 Å². The van der Waals surface area contributed by atoms with Crippen LogP contribution in [0.4, 0.5) is 13.2 Å². The summed E-state index contributed by atoms with van der Waals surface area (Å²) in [6, 6.07) is 4.82. The van der Waals surface area contributed by atoms with Crippen molar-refractivity contribution in [3.8, 4) is 0 Å². The van der Waals surface area contributed by atoms with Gasteiger partial charge in [-0.15, -0.1) is 0 Å². The minimum Gasteiger partial charge on any atom is -0.457 e. The molecule has 2 nitrogen and oxygen atoms in total. The van der Waals surface area contributed by atoms with Gasteiger partial charge in [0.1, 0.15) is 12.4 Å². The lowest BCUT2D eigenvalue weighted by Crippen LogP contribution is -2.15. The van der Waals surface area contributed by atoms with E-state index in [1.165, 1.54) is 44.2 Å². The number of alkyl halides is 2. The molecule has 0 radical (unpaired) electrons. The van der Waals surface area contributed by atoms with Crippen LogP contribution >= 0.6 is 0 Å². The summed E-state index contributed by atoms with van der Waals surface area (Å²) in [6.45, 7) is 1.74. The molecule has 1 aliphatic rings. The van der Waals surface area contributed by atoms with Crippen molar-refractivity contribution in [2.24, 2.45) is 5.92 Å². The van der Waals surface area contributed by atoms with Gasteiger partial charge in [-0.3, -0.25) is 0 Å². The van der Waals surface area contributed by atoms with Gasteiger partial charge in [-0.05, 0) is 49.1 Å². The maximum absolute atomic E-state index is 14.1. The van der Waals surface area contributed by atoms with Gasteiger partial charge in [-0.2, -0.15) is 8.78 Å². The molecule has 1 aromatic rings. The number of ether oxygens (including phenoxy) is 1. The van der Waals surface area contributed by atoms with Gasteiger partial charge in [-0.25, -0.2) is 9.18 Å². The third kappa shape index (κ3) is 5.25. The van der Waals surface area contributed by atoms with E-state index in [1.807, 2.05) is 6.07 Å². The molecule has 0 unspecified atom stereocenters. The molecule has 0 heterocycles. The summed E-state index contributed by atoms with van der Waals surface area (Å²) in [5.41, 5.74) is 1.08. The SMILES string of the molecule is CCCCC1CCC(c2ccc(COC(=O)C(F)F)c(F)c2)CC1. The number of hydrogen-bond donors (Lipinski definition) is 0. The summed E-state index contributed by atoms with van der Waals surface area (Å²) in [5.74, 6) is -0.972. The summed E-state index contributed by atoms with van der Waals surface area (Å²) in [6.07, 6.45) is 5.08. The predicted molar refractivity (Wildman–Crippen MR) is 86.4 cm³/mol. The highest BCUT2D eigenvalue weighted by Crippen LogP contribution is 2.38. The van der Waals surface area contributed by atoms with E-state index in [0.717, 1.165) is 24.3 Å². The zero-order chi connectivity index (χ0) is 17.5. The van der Waals surface area contributed by atoms with Crippen LogP contribution < -0.4 is 0 Å². The molecule has 0 atom stereocenters. The molecule has 1 saturated carbocycles. The first-order chi connectivity index (χ1) is 11.5. The zero-order valence-corrected chi connectivity index (χ0v) is 14.1. The van der Waals surface area contributed by atoms with Gasteiger partial charge >= 0.3 is 12.4 Å². The third-order valence-corrected chi connectivity index (χ3v) is 4.91. The topological polar surface area (TPSA) is 26.3 Å². The van der Waals surface area contributed by atoms with Gasteiger partial charge in [0.05, 0.1) is 0 Å². The number of benzene rings is 1. The predicted octanol–water partition coefficient (Wildman–Crippen LogP) is 5.60. The Hall–Kier alpha value is -1.52. The van der Waals surface area contributed by atoms with Crippen LogP contribution in [0.25, 0.3) is 0 Å². The molecular weight excluding hydrogens is 317 g/mol. The molecule has 0 N–H and O–H groups in total. The quantitative estimate of drug-likeness (QED) is 0.603. The highest BCUT2D eigenvalue weighted by atomic mass is 19.3. The van der Waals surface area contributed by atoms with Crippen LogP contribution in [0.5, 0.6) is 0 Å². The fourth-order valence-corrected chi connectivity index (χ4v) is 3.42. The van der Waals surface area contributed by atoms with E-state index < -0.39 is 24.8 Å². The Morgan fingerprint density at radius 1 is 1.25 bits per heavy atom. The van der Waals surface area contributed by atoms with E-state index in [9.17, 15) is 18.0 Å². The summed E-state index contributed by atoms with van der Waals surface area (Å²) in [5, 5.41) is 0. The first kappa shape index (κ1) is 18.8. The van der Waals surface area contributed by atoms with Gasteiger partial charge in [0.25, 0.3) is 0 Å². The molecule has 0 spiro atoms. The fourth-order valence-electron chi connectivity index (χ4n) is 3.42. The van der Waals surface area contributed by atoms with Gasteiger partial charge < -0.3 is 4.74 Å². The Morgan fingerprint density at radius 2 is 1.96 bits per heavy atom. The molecule has 0 saturated heterocycles.